The minimum atomic E-state index is -3.56. The maximum Gasteiger partial charge on any atom is 0.308 e. The van der Waals surface area contributed by atoms with E-state index in [2.05, 4.69) is 0 Å². The summed E-state index contributed by atoms with van der Waals surface area (Å²) in [5, 5.41) is 0. The third-order valence-electron chi connectivity index (χ3n) is 4.98. The van der Waals surface area contributed by atoms with Gasteiger partial charge < -0.3 is 9.47 Å². The number of Topliss-reactive ketones (excluding diaryl/α,β-unsaturated/α-hetero) is 1. The highest BCUT2D eigenvalue weighted by atomic mass is 32.2. The van der Waals surface area contributed by atoms with Crippen molar-refractivity contribution < 1.29 is 31.7 Å². The van der Waals surface area contributed by atoms with Crippen LogP contribution >= 0.6 is 0 Å². The van der Waals surface area contributed by atoms with E-state index in [1.807, 2.05) is 18.2 Å². The molecule has 0 N–H and O–H groups in total. The highest BCUT2D eigenvalue weighted by Gasteiger charge is 2.24. The second-order valence-electron chi connectivity index (χ2n) is 7.65. The van der Waals surface area contributed by atoms with Gasteiger partial charge in [-0.05, 0) is 44.0 Å². The van der Waals surface area contributed by atoms with Crippen molar-refractivity contribution in [2.24, 2.45) is 0 Å². The van der Waals surface area contributed by atoms with Crippen molar-refractivity contribution in [1.29, 1.82) is 0 Å². The molecule has 0 bridgehead atoms. The van der Waals surface area contributed by atoms with Gasteiger partial charge in [-0.1, -0.05) is 66.1 Å². The molecule has 0 saturated carbocycles. The van der Waals surface area contributed by atoms with E-state index in [0.717, 1.165) is 0 Å². The minimum absolute atomic E-state index is 0. The molecule has 3 unspecified atom stereocenters. The molecule has 212 valence electrons. The fourth-order valence-electron chi connectivity index (χ4n) is 3.21. The topological polar surface area (TPSA) is 104 Å². The number of esters is 1. The Labute approximate surface area is 227 Å². The SMILES string of the molecule is C.C.C.C.COC(CCS(=O)c1ccccc1)CC(=O)OC(CCS(=O)(=O)c1ccccc1)CC(C)=O. The van der Waals surface area contributed by atoms with Gasteiger partial charge in [0.15, 0.2) is 9.84 Å². The van der Waals surface area contributed by atoms with Gasteiger partial charge in [-0.25, -0.2) is 8.42 Å². The number of rotatable bonds is 14. The molecule has 2 rings (SSSR count). The average Bonchev–Trinajstić information content (AvgIpc) is 2.80. The number of carbonyl (C=O) groups is 2. The number of methoxy groups -OCH3 is 1. The smallest absolute Gasteiger partial charge is 0.308 e. The average molecular weight is 559 g/mol. The summed E-state index contributed by atoms with van der Waals surface area (Å²) in [6, 6.07) is 17.0. The Morgan fingerprint density at radius 3 is 1.89 bits per heavy atom. The zero-order valence-corrected chi connectivity index (χ0v) is 20.5. The van der Waals surface area contributed by atoms with Crippen LogP contribution in [0.4, 0.5) is 0 Å². The molecule has 0 spiro atoms. The number of ether oxygens (including phenoxy) is 2. The number of ketones is 1. The summed E-state index contributed by atoms with van der Waals surface area (Å²) in [5.74, 6) is -0.712. The predicted molar refractivity (Wildman–Crippen MR) is 153 cm³/mol. The van der Waals surface area contributed by atoms with Gasteiger partial charge >= 0.3 is 5.97 Å². The lowest BCUT2D eigenvalue weighted by molar-refractivity contribution is -0.152. The molecule has 0 amide bonds. The van der Waals surface area contributed by atoms with Crippen LogP contribution in [0.25, 0.3) is 0 Å². The van der Waals surface area contributed by atoms with Crippen LogP contribution in [-0.4, -0.2) is 55.2 Å². The Hall–Kier alpha value is -2.36. The number of benzene rings is 2. The quantitative estimate of drug-likeness (QED) is 0.266. The van der Waals surface area contributed by atoms with Crippen LogP contribution in [0.3, 0.4) is 0 Å². The van der Waals surface area contributed by atoms with Gasteiger partial charge in [0.1, 0.15) is 11.9 Å². The summed E-state index contributed by atoms with van der Waals surface area (Å²) in [7, 11) is -3.31. The molecule has 37 heavy (non-hydrogen) atoms. The molecule has 7 nitrogen and oxygen atoms in total. The van der Waals surface area contributed by atoms with Gasteiger partial charge in [0.2, 0.25) is 0 Å². The van der Waals surface area contributed by atoms with Crippen LogP contribution < -0.4 is 0 Å². The molecule has 9 heteroatoms. The molecule has 0 radical (unpaired) electrons. The fraction of sp³-hybridized carbons (Fsp3) is 0.500. The Kier molecular flexibility index (Phi) is 20.9. The highest BCUT2D eigenvalue weighted by molar-refractivity contribution is 7.91. The van der Waals surface area contributed by atoms with E-state index in [1.165, 1.54) is 26.2 Å². The van der Waals surface area contributed by atoms with Crippen LogP contribution in [0.2, 0.25) is 0 Å². The summed E-state index contributed by atoms with van der Waals surface area (Å²) < 4.78 is 48.2. The molecule has 0 saturated heterocycles. The number of carbonyl (C=O) groups excluding carboxylic acids is 2. The van der Waals surface area contributed by atoms with E-state index in [1.54, 1.807) is 30.3 Å². The lowest BCUT2D eigenvalue weighted by Crippen LogP contribution is -2.27. The van der Waals surface area contributed by atoms with Crippen LogP contribution in [0.1, 0.15) is 62.3 Å². The van der Waals surface area contributed by atoms with E-state index in [-0.39, 0.29) is 65.4 Å². The lowest BCUT2D eigenvalue weighted by Gasteiger charge is -2.19. The van der Waals surface area contributed by atoms with E-state index in [9.17, 15) is 22.2 Å². The first-order valence-corrected chi connectivity index (χ1v) is 13.6. The van der Waals surface area contributed by atoms with Gasteiger partial charge in [0.25, 0.3) is 0 Å². The molecule has 3 atom stereocenters. The van der Waals surface area contributed by atoms with E-state index >= 15 is 0 Å². The maximum atomic E-state index is 12.5. The molecule has 0 heterocycles. The normalized spacial score (nSPS) is 12.7. The van der Waals surface area contributed by atoms with Gasteiger partial charge in [-0.2, -0.15) is 0 Å². The van der Waals surface area contributed by atoms with Crippen LogP contribution in [0, 0.1) is 0 Å². The van der Waals surface area contributed by atoms with Gasteiger partial charge in [-0.3, -0.25) is 13.8 Å². The Morgan fingerprint density at radius 1 is 0.838 bits per heavy atom. The number of hydrogen-bond donors (Lipinski definition) is 0. The van der Waals surface area contributed by atoms with Gasteiger partial charge in [0.05, 0.1) is 34.0 Å². The van der Waals surface area contributed by atoms with Crippen LogP contribution in [-0.2, 0) is 39.7 Å². The lowest BCUT2D eigenvalue weighted by atomic mass is 10.1. The zero-order valence-electron chi connectivity index (χ0n) is 18.8. The third-order valence-corrected chi connectivity index (χ3v) is 8.15. The molecular formula is C28H46O7S2. The molecule has 0 aliphatic rings. The first-order chi connectivity index (χ1) is 15.7. The molecule has 0 aromatic heterocycles. The van der Waals surface area contributed by atoms with E-state index in [0.29, 0.717) is 17.1 Å². The Bertz CT molecular complexity index is 1020. The molecule has 0 aliphatic carbocycles. The maximum absolute atomic E-state index is 12.5. The number of sulfone groups is 1. The van der Waals surface area contributed by atoms with Crippen molar-refractivity contribution in [3.63, 3.8) is 0 Å². The summed E-state index contributed by atoms with van der Waals surface area (Å²) in [5.41, 5.74) is 0. The van der Waals surface area contributed by atoms with Crippen LogP contribution in [0.5, 0.6) is 0 Å². The molecule has 2 aromatic carbocycles. The summed E-state index contributed by atoms with van der Waals surface area (Å²) in [6.45, 7) is 1.36. The van der Waals surface area contributed by atoms with Crippen molar-refractivity contribution in [1.82, 2.24) is 0 Å². The van der Waals surface area contributed by atoms with Gasteiger partial charge in [0, 0.05) is 24.2 Å². The molecule has 2 aromatic rings. The molecular weight excluding hydrogens is 512 g/mol. The largest absolute Gasteiger partial charge is 0.462 e. The Balaban J connectivity index is -0.00000289. The van der Waals surface area contributed by atoms with Crippen molar-refractivity contribution in [2.45, 2.75) is 84.3 Å². The second-order valence-corrected chi connectivity index (χ2v) is 11.3. The summed E-state index contributed by atoms with van der Waals surface area (Å²) in [4.78, 5) is 25.0. The fourth-order valence-corrected chi connectivity index (χ4v) is 5.76. The minimum Gasteiger partial charge on any atom is -0.462 e. The standard InChI is InChI=1S/C24H30O7S2.4CH4/c1-19(25)17-21(14-16-33(28,29)23-11-7-4-8-12-23)31-24(26)18-20(30-2)13-15-32(27)22-9-5-3-6-10-22;;;;/h3-12,20-21H,13-18H2,1-2H3;4*1H4. The number of hydrogen-bond acceptors (Lipinski definition) is 7. The van der Waals surface area contributed by atoms with Crippen molar-refractivity contribution >= 4 is 32.4 Å². The van der Waals surface area contributed by atoms with Crippen LogP contribution in [0.15, 0.2) is 70.5 Å². The predicted octanol–water partition coefficient (Wildman–Crippen LogP) is 5.89. The Morgan fingerprint density at radius 2 is 1.38 bits per heavy atom. The second kappa shape index (κ2) is 19.7. The monoisotopic (exact) mass is 558 g/mol. The first-order valence-electron chi connectivity index (χ1n) is 10.6. The van der Waals surface area contributed by atoms with Gasteiger partial charge in [-0.15, -0.1) is 0 Å². The third kappa shape index (κ3) is 14.2. The first kappa shape index (κ1) is 39.2. The van der Waals surface area contributed by atoms with E-state index < -0.39 is 38.8 Å². The summed E-state index contributed by atoms with van der Waals surface area (Å²) >= 11 is 0. The molecule has 0 aliphatic heterocycles. The van der Waals surface area contributed by atoms with Crippen molar-refractivity contribution in [3.8, 4) is 0 Å². The van der Waals surface area contributed by atoms with Crippen molar-refractivity contribution in [2.75, 3.05) is 18.6 Å². The zero-order chi connectivity index (χ0) is 24.3. The molecule has 0 fully saturated rings. The highest BCUT2D eigenvalue weighted by Crippen LogP contribution is 2.17. The van der Waals surface area contributed by atoms with E-state index in [4.69, 9.17) is 9.47 Å². The van der Waals surface area contributed by atoms with Crippen molar-refractivity contribution in [3.05, 3.63) is 60.7 Å². The summed E-state index contributed by atoms with van der Waals surface area (Å²) in [6.07, 6.45) is -1.10.